The zero-order valence-corrected chi connectivity index (χ0v) is 15.4. The molecule has 0 fully saturated rings. The summed E-state index contributed by atoms with van der Waals surface area (Å²) in [7, 11) is 0. The van der Waals surface area contributed by atoms with E-state index >= 15 is 0 Å². The minimum absolute atomic E-state index is 0.151. The van der Waals surface area contributed by atoms with Gasteiger partial charge in [-0.25, -0.2) is 0 Å². The molecule has 0 unspecified atom stereocenters. The third-order valence-electron chi connectivity index (χ3n) is 3.79. The first kappa shape index (κ1) is 18.5. The van der Waals surface area contributed by atoms with Crippen LogP contribution in [0.3, 0.4) is 0 Å². The van der Waals surface area contributed by atoms with Gasteiger partial charge in [-0.2, -0.15) is 4.68 Å². The van der Waals surface area contributed by atoms with Gasteiger partial charge in [0.05, 0.1) is 15.9 Å². The topological polar surface area (TPSA) is 116 Å². The number of rotatable bonds is 6. The van der Waals surface area contributed by atoms with Gasteiger partial charge in [-0.05, 0) is 42.0 Å². The van der Waals surface area contributed by atoms with Gasteiger partial charge in [-0.1, -0.05) is 42.1 Å². The molecule has 27 heavy (non-hydrogen) atoms. The van der Waals surface area contributed by atoms with E-state index in [1.54, 1.807) is 23.7 Å². The number of nitro benzene ring substituents is 1. The van der Waals surface area contributed by atoms with Crippen molar-refractivity contribution >= 4 is 29.0 Å². The van der Waals surface area contributed by atoms with E-state index in [2.05, 4.69) is 20.8 Å². The Morgan fingerprint density at radius 2 is 1.93 bits per heavy atom. The average Bonchev–Trinajstić information content (AvgIpc) is 3.10. The number of aryl methyl sites for hydroxylation is 1. The van der Waals surface area contributed by atoms with Crippen molar-refractivity contribution in [2.24, 2.45) is 0 Å². The molecule has 0 aliphatic heterocycles. The Labute approximate surface area is 158 Å². The number of hydrogen-bond donors (Lipinski definition) is 1. The van der Waals surface area contributed by atoms with E-state index in [0.29, 0.717) is 5.16 Å². The summed E-state index contributed by atoms with van der Waals surface area (Å²) in [4.78, 5) is 23.0. The zero-order chi connectivity index (χ0) is 19.4. The fourth-order valence-corrected chi connectivity index (χ4v) is 3.19. The number of hydrogen-bond acceptors (Lipinski definition) is 7. The van der Waals surface area contributed by atoms with Gasteiger partial charge in [0.1, 0.15) is 5.69 Å². The van der Waals surface area contributed by atoms with Crippen molar-refractivity contribution in [1.29, 1.82) is 0 Å². The maximum atomic E-state index is 12.5. The number of tetrazole rings is 1. The molecule has 0 bridgehead atoms. The zero-order valence-electron chi connectivity index (χ0n) is 14.6. The quantitative estimate of drug-likeness (QED) is 0.394. The maximum absolute atomic E-state index is 12.5. The van der Waals surface area contributed by atoms with Gasteiger partial charge < -0.3 is 5.32 Å². The van der Waals surface area contributed by atoms with Crippen LogP contribution in [0.1, 0.15) is 12.5 Å². The van der Waals surface area contributed by atoms with Crippen LogP contribution in [-0.4, -0.2) is 36.3 Å². The molecular formula is C17H16N6O3S. The van der Waals surface area contributed by atoms with Crippen LogP contribution in [0.25, 0.3) is 5.69 Å². The predicted molar refractivity (Wildman–Crippen MR) is 101 cm³/mol. The first-order valence-electron chi connectivity index (χ1n) is 8.02. The van der Waals surface area contributed by atoms with Gasteiger partial charge in [-0.3, -0.25) is 14.9 Å². The lowest BCUT2D eigenvalue weighted by Gasteiger charge is -2.12. The number of nitrogens with zero attached hydrogens (tertiary/aromatic N) is 5. The summed E-state index contributed by atoms with van der Waals surface area (Å²) >= 11 is 1.17. The minimum atomic E-state index is -0.571. The van der Waals surface area contributed by atoms with Crippen molar-refractivity contribution < 1.29 is 9.72 Å². The van der Waals surface area contributed by atoms with Crippen molar-refractivity contribution in [3.63, 3.8) is 0 Å². The van der Waals surface area contributed by atoms with Gasteiger partial charge in [0.15, 0.2) is 0 Å². The van der Waals surface area contributed by atoms with Crippen LogP contribution in [0.4, 0.5) is 11.4 Å². The molecule has 0 saturated heterocycles. The molecule has 0 radical (unpaired) electrons. The van der Waals surface area contributed by atoms with Crippen molar-refractivity contribution in [3.8, 4) is 5.69 Å². The minimum Gasteiger partial charge on any atom is -0.319 e. The van der Waals surface area contributed by atoms with E-state index in [1.807, 2.05) is 31.2 Å². The van der Waals surface area contributed by atoms with E-state index < -0.39 is 10.2 Å². The van der Waals surface area contributed by atoms with E-state index in [0.717, 1.165) is 11.3 Å². The highest BCUT2D eigenvalue weighted by molar-refractivity contribution is 8.00. The van der Waals surface area contributed by atoms with Crippen LogP contribution in [0.5, 0.6) is 0 Å². The fraction of sp³-hybridized carbons (Fsp3) is 0.176. The Morgan fingerprint density at radius 3 is 2.67 bits per heavy atom. The number of amides is 1. The average molecular weight is 384 g/mol. The Bertz CT molecular complexity index is 990. The monoisotopic (exact) mass is 384 g/mol. The molecule has 3 rings (SSSR count). The van der Waals surface area contributed by atoms with Crippen molar-refractivity contribution in [1.82, 2.24) is 20.2 Å². The second-order valence-corrected chi connectivity index (χ2v) is 6.99. The summed E-state index contributed by atoms with van der Waals surface area (Å²) < 4.78 is 1.56. The third kappa shape index (κ3) is 4.11. The highest BCUT2D eigenvalue weighted by atomic mass is 32.2. The lowest BCUT2D eigenvalue weighted by atomic mass is 10.2. The number of nitrogens with one attached hydrogen (secondary N) is 1. The van der Waals surface area contributed by atoms with E-state index in [4.69, 9.17) is 0 Å². The Kier molecular flexibility index (Phi) is 5.46. The fourth-order valence-electron chi connectivity index (χ4n) is 2.39. The van der Waals surface area contributed by atoms with Crippen LogP contribution in [0.15, 0.2) is 53.7 Å². The number of carbonyl (C=O) groups is 1. The molecule has 138 valence electrons. The van der Waals surface area contributed by atoms with Gasteiger partial charge >= 0.3 is 0 Å². The molecule has 10 heteroatoms. The molecule has 0 saturated carbocycles. The third-order valence-corrected chi connectivity index (χ3v) is 4.83. The number of carbonyl (C=O) groups excluding carboxylic acids is 1. The standard InChI is InChI=1S/C17H16N6O3S/c1-11-7-3-5-9-14(11)22-17(19-20-21-22)27-12(2)16(24)18-13-8-4-6-10-15(13)23(25)26/h3-10,12H,1-2H3,(H,18,24)/t12-/m1/s1. The Morgan fingerprint density at radius 1 is 1.22 bits per heavy atom. The number of nitro groups is 1. The van der Waals surface area contributed by atoms with Crippen LogP contribution in [0.2, 0.25) is 0 Å². The van der Waals surface area contributed by atoms with E-state index in [-0.39, 0.29) is 17.3 Å². The van der Waals surface area contributed by atoms with Crippen LogP contribution in [0, 0.1) is 17.0 Å². The number of para-hydroxylation sites is 3. The SMILES string of the molecule is Cc1ccccc1-n1nnnc1S[C@H](C)C(=O)Nc1ccccc1[N+](=O)[O-]. The lowest BCUT2D eigenvalue weighted by Crippen LogP contribution is -2.23. The maximum Gasteiger partial charge on any atom is 0.292 e. The summed E-state index contributed by atoms with van der Waals surface area (Å²) in [6.07, 6.45) is 0. The van der Waals surface area contributed by atoms with Crippen molar-refractivity contribution in [3.05, 3.63) is 64.2 Å². The van der Waals surface area contributed by atoms with E-state index in [9.17, 15) is 14.9 Å². The molecule has 1 N–H and O–H groups in total. The second kappa shape index (κ2) is 7.96. The first-order valence-corrected chi connectivity index (χ1v) is 8.90. The molecular weight excluding hydrogens is 368 g/mol. The summed E-state index contributed by atoms with van der Waals surface area (Å²) in [6.45, 7) is 3.63. The van der Waals surface area contributed by atoms with Crippen LogP contribution >= 0.6 is 11.8 Å². The molecule has 0 aliphatic carbocycles. The summed E-state index contributed by atoms with van der Waals surface area (Å²) in [5, 5.41) is 25.2. The lowest BCUT2D eigenvalue weighted by molar-refractivity contribution is -0.383. The number of anilines is 1. The molecule has 1 heterocycles. The smallest absolute Gasteiger partial charge is 0.292 e. The van der Waals surface area contributed by atoms with Gasteiger partial charge in [0.2, 0.25) is 11.1 Å². The molecule has 0 spiro atoms. The summed E-state index contributed by atoms with van der Waals surface area (Å²) in [5.74, 6) is -0.381. The molecule has 1 atom stereocenters. The van der Waals surface area contributed by atoms with Crippen LogP contribution in [-0.2, 0) is 4.79 Å². The van der Waals surface area contributed by atoms with Gasteiger partial charge in [-0.15, -0.1) is 5.10 Å². The number of thioether (sulfide) groups is 1. The number of benzene rings is 2. The molecule has 3 aromatic rings. The van der Waals surface area contributed by atoms with E-state index in [1.165, 1.54) is 23.9 Å². The number of aromatic nitrogens is 4. The normalized spacial score (nSPS) is 11.8. The largest absolute Gasteiger partial charge is 0.319 e. The molecule has 0 aliphatic rings. The van der Waals surface area contributed by atoms with Crippen LogP contribution < -0.4 is 5.32 Å². The molecule has 2 aromatic carbocycles. The molecule has 9 nitrogen and oxygen atoms in total. The van der Waals surface area contributed by atoms with Gasteiger partial charge in [0, 0.05) is 6.07 Å². The summed E-state index contributed by atoms with van der Waals surface area (Å²) in [6, 6.07) is 13.6. The first-order chi connectivity index (χ1) is 13.0. The molecule has 1 amide bonds. The highest BCUT2D eigenvalue weighted by Crippen LogP contribution is 2.27. The Hall–Kier alpha value is -3.27. The predicted octanol–water partition coefficient (Wildman–Crippen LogP) is 3.00. The second-order valence-electron chi connectivity index (χ2n) is 5.68. The van der Waals surface area contributed by atoms with Crippen molar-refractivity contribution in [2.75, 3.05) is 5.32 Å². The summed E-state index contributed by atoms with van der Waals surface area (Å²) in [5.41, 5.74) is 1.80. The van der Waals surface area contributed by atoms with Gasteiger partial charge in [0.25, 0.3) is 5.69 Å². The highest BCUT2D eigenvalue weighted by Gasteiger charge is 2.22. The van der Waals surface area contributed by atoms with Crippen molar-refractivity contribution in [2.45, 2.75) is 24.3 Å². The Balaban J connectivity index is 1.76. The molecule has 1 aromatic heterocycles.